The molecule has 0 bridgehead atoms. The van der Waals surface area contributed by atoms with E-state index < -0.39 is 12.2 Å². The van der Waals surface area contributed by atoms with Crippen LogP contribution in [0.2, 0.25) is 0 Å². The van der Waals surface area contributed by atoms with Crippen molar-refractivity contribution in [2.45, 2.75) is 25.6 Å². The van der Waals surface area contributed by atoms with Gasteiger partial charge in [-0.15, -0.1) is 0 Å². The molecule has 0 aromatic heterocycles. The molecule has 0 amide bonds. The first-order valence-electron chi connectivity index (χ1n) is 14.1. The second kappa shape index (κ2) is 15.2. The average Bonchev–Trinajstić information content (AvgIpc) is 3.27. The molecule has 228 valence electrons. The Morgan fingerprint density at radius 2 is 1.26 bits per heavy atom. The van der Waals surface area contributed by atoms with Crippen LogP contribution >= 0.6 is 0 Å². The predicted molar refractivity (Wildman–Crippen MR) is 177 cm³/mol. The number of aliphatic hydroxyl groups is 2. The molecule has 0 aliphatic carbocycles. The van der Waals surface area contributed by atoms with E-state index in [9.17, 15) is 5.11 Å². The molecule has 1 fully saturated rings. The van der Waals surface area contributed by atoms with E-state index in [2.05, 4.69) is 153 Å². The van der Waals surface area contributed by atoms with E-state index in [-0.39, 0.29) is 13.7 Å². The van der Waals surface area contributed by atoms with Crippen LogP contribution in [0.4, 0.5) is 22.7 Å². The SMILES string of the molecule is CC(O)CC(O)c1ccccc1.CN(C)B1B(N(C)C)N(c2ccc(N(C)C)cc2)[C](=[Pt])N1c1[c-]cc(N(C)C)cc1. The molecule has 3 aromatic rings. The van der Waals surface area contributed by atoms with Crippen LogP contribution in [0.5, 0.6) is 0 Å². The fourth-order valence-corrected chi connectivity index (χ4v) is 6.12. The fourth-order valence-electron chi connectivity index (χ4n) is 4.95. The predicted octanol–water partition coefficient (Wildman–Crippen LogP) is 3.25. The summed E-state index contributed by atoms with van der Waals surface area (Å²) in [6, 6.07) is 28.0. The second-order valence-electron chi connectivity index (χ2n) is 11.5. The van der Waals surface area contributed by atoms with Crippen molar-refractivity contribution in [1.29, 1.82) is 0 Å². The Kier molecular flexibility index (Phi) is 12.3. The first-order valence-corrected chi connectivity index (χ1v) is 15.2. The van der Waals surface area contributed by atoms with E-state index >= 15 is 0 Å². The second-order valence-corrected chi connectivity index (χ2v) is 12.5. The molecule has 1 heterocycles. The van der Waals surface area contributed by atoms with Gasteiger partial charge in [-0.05, 0) is 12.5 Å². The average molecular weight is 750 g/mol. The Labute approximate surface area is 264 Å². The maximum absolute atomic E-state index is 9.53. The zero-order valence-electron chi connectivity index (χ0n) is 26.3. The Hall–Kier alpha value is -2.61. The van der Waals surface area contributed by atoms with Gasteiger partial charge in [0, 0.05) is 6.42 Å². The van der Waals surface area contributed by atoms with Gasteiger partial charge >= 0.3 is 194 Å². The minimum atomic E-state index is -0.550. The molecular weight excluding hydrogens is 705 g/mol. The number of aliphatic hydroxyl groups excluding tert-OH is 2. The van der Waals surface area contributed by atoms with Crippen molar-refractivity contribution in [2.75, 3.05) is 75.8 Å². The van der Waals surface area contributed by atoms with Crippen LogP contribution in [0.1, 0.15) is 25.0 Å². The monoisotopic (exact) mass is 750 g/mol. The van der Waals surface area contributed by atoms with Crippen molar-refractivity contribution in [3.63, 3.8) is 0 Å². The summed E-state index contributed by atoms with van der Waals surface area (Å²) in [5.41, 5.74) is 5.46. The number of anilines is 4. The molecule has 0 saturated carbocycles. The number of rotatable bonds is 9. The topological polar surface area (TPSA) is 59.9 Å². The van der Waals surface area contributed by atoms with E-state index in [0.717, 1.165) is 16.9 Å². The van der Waals surface area contributed by atoms with Gasteiger partial charge in [-0.1, -0.05) is 30.3 Å². The van der Waals surface area contributed by atoms with Crippen molar-refractivity contribution in [3.8, 4) is 0 Å². The van der Waals surface area contributed by atoms with Crippen molar-refractivity contribution >= 4 is 40.6 Å². The van der Waals surface area contributed by atoms with E-state index in [1.807, 2.05) is 30.3 Å². The Morgan fingerprint density at radius 3 is 1.71 bits per heavy atom. The van der Waals surface area contributed by atoms with Gasteiger partial charge in [0.2, 0.25) is 0 Å². The van der Waals surface area contributed by atoms with Crippen LogP contribution in [0.25, 0.3) is 0 Å². The molecule has 4 rings (SSSR count). The summed E-state index contributed by atoms with van der Waals surface area (Å²) >= 11 is 2.46. The standard InChI is InChI=1S/C21H31B2N6.C10H14O2.Pt/c1-24(2)18-9-13-20(14-10-18)28-17-29(23(27(7)8)22(28)26(5)6)21-15-11-19(12-16-21)25(3)4;1-8(11)7-10(12)9-5-3-2-4-6-9;/h9-15H,1-8H3;2-6,8,10-12H,7H2,1H3;/q-1;;. The van der Waals surface area contributed by atoms with Crippen molar-refractivity contribution in [2.24, 2.45) is 0 Å². The summed E-state index contributed by atoms with van der Waals surface area (Å²) in [4.78, 5) is 13.6. The fraction of sp³-hybridized carbons (Fsp3) is 0.387. The molecule has 8 nitrogen and oxygen atoms in total. The zero-order chi connectivity index (χ0) is 31.1. The van der Waals surface area contributed by atoms with Crippen molar-refractivity contribution in [1.82, 2.24) is 9.62 Å². The van der Waals surface area contributed by atoms with Gasteiger partial charge in [0.1, 0.15) is 0 Å². The Morgan fingerprint density at radius 1 is 0.738 bits per heavy atom. The van der Waals surface area contributed by atoms with Gasteiger partial charge in [0.25, 0.3) is 0 Å². The third-order valence-corrected chi connectivity index (χ3v) is 8.27. The van der Waals surface area contributed by atoms with Crippen LogP contribution in [0, 0.1) is 6.07 Å². The van der Waals surface area contributed by atoms with Crippen LogP contribution in [-0.4, -0.2) is 100 Å². The van der Waals surface area contributed by atoms with Gasteiger partial charge in [-0.2, -0.15) is 0 Å². The Bertz CT molecular complexity index is 1190. The van der Waals surface area contributed by atoms with Crippen molar-refractivity contribution in [3.05, 3.63) is 84.4 Å². The Balaban J connectivity index is 0.000000337. The number of hydrogen-bond donors (Lipinski definition) is 2. The third kappa shape index (κ3) is 8.27. The first kappa shape index (κ1) is 33.9. The maximum atomic E-state index is 9.53. The first-order chi connectivity index (χ1) is 19.8. The molecule has 1 saturated heterocycles. The zero-order valence-corrected chi connectivity index (χ0v) is 28.6. The molecule has 0 radical (unpaired) electrons. The summed E-state index contributed by atoms with van der Waals surface area (Å²) in [5, 5.41) is 18.6. The molecule has 1 aliphatic heterocycles. The molecule has 2 unspecified atom stereocenters. The molecular formula is C31H45B2N6O2Pt-. The normalized spacial score (nSPS) is 14.8. The van der Waals surface area contributed by atoms with E-state index in [4.69, 9.17) is 5.11 Å². The van der Waals surface area contributed by atoms with Crippen molar-refractivity contribution < 1.29 is 29.6 Å². The number of nitrogens with zero attached hydrogens (tertiary/aromatic N) is 6. The molecule has 11 heteroatoms. The van der Waals surface area contributed by atoms with Crippen LogP contribution < -0.4 is 19.4 Å². The molecule has 3 aromatic carbocycles. The van der Waals surface area contributed by atoms with E-state index in [0.29, 0.717) is 6.42 Å². The molecule has 2 N–H and O–H groups in total. The van der Waals surface area contributed by atoms with Crippen LogP contribution in [-0.2, 0) is 19.4 Å². The minimum absolute atomic E-state index is 0.141. The van der Waals surface area contributed by atoms with Crippen LogP contribution in [0.3, 0.4) is 0 Å². The van der Waals surface area contributed by atoms with Crippen LogP contribution in [0.15, 0.2) is 72.8 Å². The van der Waals surface area contributed by atoms with E-state index in [1.54, 1.807) is 6.92 Å². The molecule has 1 aliphatic rings. The summed E-state index contributed by atoms with van der Waals surface area (Å²) in [6.45, 7) is 1.97. The number of benzene rings is 3. The van der Waals surface area contributed by atoms with Gasteiger partial charge in [-0.3, -0.25) is 0 Å². The molecule has 0 spiro atoms. The van der Waals surface area contributed by atoms with Gasteiger partial charge < -0.3 is 10.2 Å². The summed E-state index contributed by atoms with van der Waals surface area (Å²) < 4.78 is 1.17. The quantitative estimate of drug-likeness (QED) is 0.256. The summed E-state index contributed by atoms with van der Waals surface area (Å²) in [5.74, 6) is 0. The van der Waals surface area contributed by atoms with Gasteiger partial charge in [-0.25, -0.2) is 0 Å². The molecule has 2 atom stereocenters. The summed E-state index contributed by atoms with van der Waals surface area (Å²) in [7, 11) is 16.8. The third-order valence-electron chi connectivity index (χ3n) is 7.17. The number of hydrogen-bond acceptors (Lipinski definition) is 8. The van der Waals surface area contributed by atoms with Gasteiger partial charge in [0.15, 0.2) is 0 Å². The summed E-state index contributed by atoms with van der Waals surface area (Å²) in [6.07, 6.45) is -0.615. The van der Waals surface area contributed by atoms with Gasteiger partial charge in [0.05, 0.1) is 12.2 Å². The molecule has 42 heavy (non-hydrogen) atoms. The van der Waals surface area contributed by atoms with E-state index in [1.165, 1.54) is 15.5 Å².